The Morgan fingerprint density at radius 2 is 1.53 bits per heavy atom. The van der Waals surface area contributed by atoms with E-state index in [1.807, 2.05) is 6.92 Å². The number of rotatable bonds is 6. The van der Waals surface area contributed by atoms with Crippen molar-refractivity contribution in [2.75, 3.05) is 13.6 Å². The molecule has 0 saturated heterocycles. The summed E-state index contributed by atoms with van der Waals surface area (Å²) >= 11 is 0. The lowest BCUT2D eigenvalue weighted by molar-refractivity contribution is -0.274. The fourth-order valence-corrected chi connectivity index (χ4v) is 4.26. The molecule has 0 spiro atoms. The van der Waals surface area contributed by atoms with Gasteiger partial charge in [-0.2, -0.15) is 0 Å². The van der Waals surface area contributed by atoms with Crippen molar-refractivity contribution < 1.29 is 31.5 Å². The van der Waals surface area contributed by atoms with Gasteiger partial charge in [-0.25, -0.2) is 8.78 Å². The summed E-state index contributed by atoms with van der Waals surface area (Å²) in [6.07, 6.45) is -4.68. The van der Waals surface area contributed by atoms with Crippen molar-refractivity contribution in [3.05, 3.63) is 89.5 Å². The van der Waals surface area contributed by atoms with E-state index in [2.05, 4.69) is 9.73 Å². The van der Waals surface area contributed by atoms with Gasteiger partial charge in [0.05, 0.1) is 17.5 Å². The molecule has 0 fully saturated rings. The van der Waals surface area contributed by atoms with E-state index in [9.17, 15) is 26.7 Å². The van der Waals surface area contributed by atoms with E-state index in [1.165, 1.54) is 30.3 Å². The van der Waals surface area contributed by atoms with E-state index in [0.29, 0.717) is 17.7 Å². The third kappa shape index (κ3) is 5.40. The Labute approximate surface area is 205 Å². The van der Waals surface area contributed by atoms with Gasteiger partial charge in [-0.1, -0.05) is 42.5 Å². The maximum absolute atomic E-state index is 14.5. The Bertz CT molecular complexity index is 1250. The minimum Gasteiger partial charge on any atom is -0.406 e. The number of amides is 1. The zero-order valence-electron chi connectivity index (χ0n) is 19.5. The molecular weight excluding hydrogens is 479 g/mol. The third-order valence-corrected chi connectivity index (χ3v) is 6.18. The van der Waals surface area contributed by atoms with Crippen molar-refractivity contribution in [2.45, 2.75) is 25.7 Å². The molecule has 0 aromatic heterocycles. The minimum atomic E-state index is -4.77. The number of nitrogens with zero attached hydrogens (tertiary/aromatic N) is 2. The molecule has 4 rings (SSSR count). The van der Waals surface area contributed by atoms with Crippen LogP contribution >= 0.6 is 0 Å². The normalized spacial score (nSPS) is 17.6. The number of hydrogen-bond donors (Lipinski definition) is 0. The average molecular weight is 502 g/mol. The highest BCUT2D eigenvalue weighted by Crippen LogP contribution is 2.39. The molecule has 1 aliphatic rings. The van der Waals surface area contributed by atoms with Crippen LogP contribution in [0.5, 0.6) is 5.75 Å². The molecule has 2 atom stereocenters. The molecule has 36 heavy (non-hydrogen) atoms. The predicted molar refractivity (Wildman–Crippen MR) is 126 cm³/mol. The van der Waals surface area contributed by atoms with Crippen LogP contribution in [0.1, 0.15) is 30.5 Å². The summed E-state index contributed by atoms with van der Waals surface area (Å²) in [6.45, 7) is 2.30. The van der Waals surface area contributed by atoms with Gasteiger partial charge in [0.25, 0.3) is 0 Å². The number of alkyl halides is 3. The quantitative estimate of drug-likeness (QED) is 0.359. The van der Waals surface area contributed by atoms with Crippen LogP contribution in [-0.4, -0.2) is 36.5 Å². The Balaban J connectivity index is 1.64. The van der Waals surface area contributed by atoms with E-state index in [1.54, 1.807) is 36.2 Å². The molecule has 3 aromatic rings. The fraction of sp³-hybridized carbons (Fsp3) is 0.259. The zero-order chi connectivity index (χ0) is 26.0. The van der Waals surface area contributed by atoms with Gasteiger partial charge in [-0.15, -0.1) is 13.2 Å². The summed E-state index contributed by atoms with van der Waals surface area (Å²) in [5, 5.41) is 0. The smallest absolute Gasteiger partial charge is 0.406 e. The lowest BCUT2D eigenvalue weighted by Gasteiger charge is -2.23. The average Bonchev–Trinajstić information content (AvgIpc) is 3.27. The first-order valence-electron chi connectivity index (χ1n) is 11.3. The molecule has 1 aliphatic heterocycles. The molecule has 0 saturated carbocycles. The van der Waals surface area contributed by atoms with Crippen LogP contribution in [0.3, 0.4) is 0 Å². The Hall–Kier alpha value is -3.75. The highest BCUT2D eigenvalue weighted by Gasteiger charge is 2.39. The van der Waals surface area contributed by atoms with Crippen molar-refractivity contribution in [3.63, 3.8) is 0 Å². The second-order valence-corrected chi connectivity index (χ2v) is 8.47. The van der Waals surface area contributed by atoms with Crippen molar-refractivity contribution in [1.82, 2.24) is 4.90 Å². The number of carbonyl (C=O) groups is 1. The summed E-state index contributed by atoms with van der Waals surface area (Å²) in [5.74, 6) is -2.61. The van der Waals surface area contributed by atoms with E-state index in [-0.39, 0.29) is 29.4 Å². The standard InChI is InChI=1S/C27H23F5N2O2/c1-3-34(2)26(35)20-15-23(24-21(28)5-4-6-22(24)29)33-25(20)18-9-7-16(8-10-18)17-11-13-19(14-12-17)36-27(30,31)32/h4-14,20,25H,3,15H2,1-2H3/t20-,25-/m0/s1. The van der Waals surface area contributed by atoms with Gasteiger partial charge in [0.1, 0.15) is 17.4 Å². The SMILES string of the molecule is CCN(C)C(=O)[C@H]1CC(c2c(F)cccc2F)=N[C@H]1c1ccc(-c2ccc(OC(F)(F)F)cc2)cc1. The highest BCUT2D eigenvalue weighted by molar-refractivity contribution is 6.05. The number of benzene rings is 3. The van der Waals surface area contributed by atoms with Gasteiger partial charge in [-0.05, 0) is 47.9 Å². The van der Waals surface area contributed by atoms with Gasteiger partial charge in [0.2, 0.25) is 5.91 Å². The maximum Gasteiger partial charge on any atom is 0.573 e. The molecule has 188 valence electrons. The van der Waals surface area contributed by atoms with Gasteiger partial charge in [0, 0.05) is 25.7 Å². The Morgan fingerprint density at radius 3 is 2.06 bits per heavy atom. The first-order valence-corrected chi connectivity index (χ1v) is 11.3. The van der Waals surface area contributed by atoms with Crippen molar-refractivity contribution in [2.24, 2.45) is 10.9 Å². The molecule has 1 heterocycles. The van der Waals surface area contributed by atoms with Crippen LogP contribution < -0.4 is 4.74 Å². The predicted octanol–water partition coefficient (Wildman–Crippen LogP) is 6.56. The molecule has 0 N–H and O–H groups in total. The second kappa shape index (κ2) is 10.1. The number of carbonyl (C=O) groups excluding carboxylic acids is 1. The molecule has 0 aliphatic carbocycles. The summed E-state index contributed by atoms with van der Waals surface area (Å²) in [5.41, 5.74) is 2.05. The lowest BCUT2D eigenvalue weighted by Crippen LogP contribution is -2.34. The summed E-state index contributed by atoms with van der Waals surface area (Å²) in [7, 11) is 1.66. The van der Waals surface area contributed by atoms with E-state index >= 15 is 0 Å². The molecule has 4 nitrogen and oxygen atoms in total. The van der Waals surface area contributed by atoms with Crippen LogP contribution in [0, 0.1) is 17.6 Å². The molecule has 0 bridgehead atoms. The molecule has 0 radical (unpaired) electrons. The van der Waals surface area contributed by atoms with Gasteiger partial charge >= 0.3 is 6.36 Å². The summed E-state index contributed by atoms with van der Waals surface area (Å²) in [6, 6.07) is 15.4. The van der Waals surface area contributed by atoms with Crippen LogP contribution in [-0.2, 0) is 4.79 Å². The summed E-state index contributed by atoms with van der Waals surface area (Å²) < 4.78 is 70.0. The van der Waals surface area contributed by atoms with E-state index in [0.717, 1.165) is 17.7 Å². The van der Waals surface area contributed by atoms with Crippen molar-refractivity contribution >= 4 is 11.6 Å². The van der Waals surface area contributed by atoms with Gasteiger partial charge in [-0.3, -0.25) is 9.79 Å². The number of halogens is 5. The monoisotopic (exact) mass is 502 g/mol. The Morgan fingerprint density at radius 1 is 0.972 bits per heavy atom. The van der Waals surface area contributed by atoms with Crippen LogP contribution in [0.2, 0.25) is 0 Å². The molecule has 1 amide bonds. The number of ether oxygens (including phenoxy) is 1. The van der Waals surface area contributed by atoms with Crippen LogP contribution in [0.25, 0.3) is 11.1 Å². The van der Waals surface area contributed by atoms with Crippen molar-refractivity contribution in [1.29, 1.82) is 0 Å². The van der Waals surface area contributed by atoms with Crippen LogP contribution in [0.15, 0.2) is 71.7 Å². The van der Waals surface area contributed by atoms with Gasteiger partial charge < -0.3 is 9.64 Å². The fourth-order valence-electron chi connectivity index (χ4n) is 4.26. The van der Waals surface area contributed by atoms with E-state index < -0.39 is 30.0 Å². The zero-order valence-corrected chi connectivity index (χ0v) is 19.5. The molecule has 9 heteroatoms. The Kier molecular flexibility index (Phi) is 7.10. The largest absolute Gasteiger partial charge is 0.573 e. The molecule has 3 aromatic carbocycles. The molecular formula is C27H23F5N2O2. The maximum atomic E-state index is 14.5. The first-order chi connectivity index (χ1) is 17.1. The minimum absolute atomic E-state index is 0.0914. The highest BCUT2D eigenvalue weighted by atomic mass is 19.4. The number of aliphatic imine (C=N–C) groups is 1. The topological polar surface area (TPSA) is 41.9 Å². The first kappa shape index (κ1) is 25.3. The lowest BCUT2D eigenvalue weighted by atomic mass is 9.89. The number of hydrogen-bond acceptors (Lipinski definition) is 3. The van der Waals surface area contributed by atoms with Crippen LogP contribution in [0.4, 0.5) is 22.0 Å². The molecule has 0 unspecified atom stereocenters. The van der Waals surface area contributed by atoms with Gasteiger partial charge in [0.15, 0.2) is 0 Å². The second-order valence-electron chi connectivity index (χ2n) is 8.47. The summed E-state index contributed by atoms with van der Waals surface area (Å²) in [4.78, 5) is 19.2. The third-order valence-electron chi connectivity index (χ3n) is 6.18. The van der Waals surface area contributed by atoms with E-state index in [4.69, 9.17) is 0 Å². The van der Waals surface area contributed by atoms with Crippen molar-refractivity contribution in [3.8, 4) is 16.9 Å².